The average Bonchev–Trinajstić information content (AvgIpc) is 1.94. The summed E-state index contributed by atoms with van der Waals surface area (Å²) in [5.74, 6) is -2.48. The third-order valence-electron chi connectivity index (χ3n) is 1.96. The van der Waals surface area contributed by atoms with Crippen molar-refractivity contribution >= 4 is 0 Å². The largest absolute Gasteiger partial charge is 0.318 e. The van der Waals surface area contributed by atoms with E-state index in [4.69, 9.17) is 0 Å². The van der Waals surface area contributed by atoms with Gasteiger partial charge in [-0.25, -0.2) is 8.78 Å². The first-order valence-corrected chi connectivity index (χ1v) is 3.90. The van der Waals surface area contributed by atoms with Crippen molar-refractivity contribution in [2.24, 2.45) is 0 Å². The number of nitrogens with one attached hydrogen (secondary N) is 2. The summed E-state index contributed by atoms with van der Waals surface area (Å²) < 4.78 is 25.1. The van der Waals surface area contributed by atoms with E-state index in [-0.39, 0.29) is 19.0 Å². The first-order chi connectivity index (χ1) is 5.14. The summed E-state index contributed by atoms with van der Waals surface area (Å²) in [5, 5.41) is 5.76. The van der Waals surface area contributed by atoms with E-state index >= 15 is 0 Å². The Hall–Kier alpha value is -0.220. The van der Waals surface area contributed by atoms with Crippen molar-refractivity contribution in [3.8, 4) is 0 Å². The highest BCUT2D eigenvalue weighted by atomic mass is 19.3. The smallest absolute Gasteiger partial charge is 0.260 e. The summed E-state index contributed by atoms with van der Waals surface area (Å²) in [7, 11) is 1.83. The lowest BCUT2D eigenvalue weighted by Gasteiger charge is -2.29. The molecular formula is C7H14F2N2. The maximum Gasteiger partial charge on any atom is 0.260 e. The Kier molecular flexibility index (Phi) is 2.78. The molecule has 0 spiro atoms. The van der Waals surface area contributed by atoms with Crippen LogP contribution in [0, 0.1) is 0 Å². The lowest BCUT2D eigenvalue weighted by Crippen LogP contribution is -2.48. The van der Waals surface area contributed by atoms with Crippen molar-refractivity contribution in [1.29, 1.82) is 0 Å². The zero-order valence-electron chi connectivity index (χ0n) is 6.66. The highest BCUT2D eigenvalue weighted by molar-refractivity contribution is 4.83. The van der Waals surface area contributed by atoms with Gasteiger partial charge in [-0.1, -0.05) is 0 Å². The zero-order chi connectivity index (χ0) is 8.32. The fourth-order valence-corrected chi connectivity index (χ4v) is 1.29. The predicted octanol–water partition coefficient (Wildman–Crippen LogP) is 0.593. The number of hydrogen-bond acceptors (Lipinski definition) is 2. The van der Waals surface area contributed by atoms with Gasteiger partial charge in [-0.05, 0) is 13.5 Å². The van der Waals surface area contributed by atoms with E-state index in [1.807, 2.05) is 7.05 Å². The molecule has 0 aromatic heterocycles. The van der Waals surface area contributed by atoms with E-state index in [1.54, 1.807) is 0 Å². The third-order valence-corrected chi connectivity index (χ3v) is 1.96. The summed E-state index contributed by atoms with van der Waals surface area (Å²) >= 11 is 0. The molecule has 1 unspecified atom stereocenters. The molecule has 0 aromatic rings. The Labute approximate surface area is 65.4 Å². The molecule has 1 rings (SSSR count). The van der Waals surface area contributed by atoms with E-state index in [9.17, 15) is 8.78 Å². The van der Waals surface area contributed by atoms with Crippen LogP contribution in [-0.4, -0.2) is 32.1 Å². The Balaban J connectivity index is 2.25. The second-order valence-electron chi connectivity index (χ2n) is 3.03. The van der Waals surface area contributed by atoms with E-state index in [0.717, 1.165) is 6.54 Å². The minimum Gasteiger partial charge on any atom is -0.318 e. The molecule has 66 valence electrons. The molecule has 1 heterocycles. The van der Waals surface area contributed by atoms with Crippen molar-refractivity contribution < 1.29 is 8.78 Å². The molecule has 0 bridgehead atoms. The second kappa shape index (κ2) is 3.45. The van der Waals surface area contributed by atoms with Crippen molar-refractivity contribution in [3.05, 3.63) is 0 Å². The topological polar surface area (TPSA) is 24.1 Å². The van der Waals surface area contributed by atoms with Crippen LogP contribution in [0.3, 0.4) is 0 Å². The van der Waals surface area contributed by atoms with Gasteiger partial charge in [-0.2, -0.15) is 0 Å². The van der Waals surface area contributed by atoms with Crippen LogP contribution in [0.4, 0.5) is 8.78 Å². The maximum atomic E-state index is 12.5. The normalized spacial score (nSPS) is 30.3. The first-order valence-electron chi connectivity index (χ1n) is 3.90. The van der Waals surface area contributed by atoms with Crippen LogP contribution < -0.4 is 10.6 Å². The number of alkyl halides is 2. The van der Waals surface area contributed by atoms with Gasteiger partial charge in [0.2, 0.25) is 0 Å². The molecule has 0 radical (unpaired) electrons. The molecule has 0 amide bonds. The lowest BCUT2D eigenvalue weighted by molar-refractivity contribution is -0.0297. The van der Waals surface area contributed by atoms with Crippen molar-refractivity contribution in [2.75, 3.05) is 20.1 Å². The van der Waals surface area contributed by atoms with Gasteiger partial charge in [0.25, 0.3) is 5.92 Å². The molecular weight excluding hydrogens is 150 g/mol. The molecule has 1 saturated heterocycles. The summed E-state index contributed by atoms with van der Waals surface area (Å²) in [6.07, 6.45) is 0.584. The molecule has 1 aliphatic rings. The van der Waals surface area contributed by atoms with E-state index in [2.05, 4.69) is 10.6 Å². The highest BCUT2D eigenvalue weighted by Gasteiger charge is 2.34. The minimum atomic E-state index is -2.48. The van der Waals surface area contributed by atoms with Gasteiger partial charge in [0.05, 0.1) is 6.54 Å². The van der Waals surface area contributed by atoms with Crippen LogP contribution >= 0.6 is 0 Å². The van der Waals surface area contributed by atoms with E-state index < -0.39 is 5.92 Å². The molecule has 0 aliphatic carbocycles. The van der Waals surface area contributed by atoms with Crippen molar-refractivity contribution in [1.82, 2.24) is 10.6 Å². The Bertz CT molecular complexity index is 118. The van der Waals surface area contributed by atoms with Crippen LogP contribution in [0.1, 0.15) is 12.8 Å². The Morgan fingerprint density at radius 3 is 2.82 bits per heavy atom. The summed E-state index contributed by atoms with van der Waals surface area (Å²) in [4.78, 5) is 0. The highest BCUT2D eigenvalue weighted by Crippen LogP contribution is 2.23. The first kappa shape index (κ1) is 8.87. The van der Waals surface area contributed by atoms with Gasteiger partial charge in [-0.15, -0.1) is 0 Å². The molecule has 2 N–H and O–H groups in total. The van der Waals surface area contributed by atoms with Gasteiger partial charge < -0.3 is 10.6 Å². The van der Waals surface area contributed by atoms with E-state index in [1.165, 1.54) is 0 Å². The van der Waals surface area contributed by atoms with Gasteiger partial charge >= 0.3 is 0 Å². The number of piperidine rings is 1. The average molecular weight is 164 g/mol. The van der Waals surface area contributed by atoms with E-state index in [0.29, 0.717) is 6.42 Å². The fourth-order valence-electron chi connectivity index (χ4n) is 1.29. The van der Waals surface area contributed by atoms with Crippen LogP contribution in [0.15, 0.2) is 0 Å². The minimum absolute atomic E-state index is 0.0202. The standard InChI is InChI=1S/C7H14F2N2/c1-10-4-6-2-3-7(8,9)5-11-6/h6,10-11H,2-5H2,1H3. The van der Waals surface area contributed by atoms with Gasteiger partial charge in [0, 0.05) is 19.0 Å². The quantitative estimate of drug-likeness (QED) is 0.624. The third kappa shape index (κ3) is 2.71. The maximum absolute atomic E-state index is 12.5. The Morgan fingerprint density at radius 2 is 2.36 bits per heavy atom. The predicted molar refractivity (Wildman–Crippen MR) is 39.9 cm³/mol. The van der Waals surface area contributed by atoms with Gasteiger partial charge in [0.1, 0.15) is 0 Å². The monoisotopic (exact) mass is 164 g/mol. The zero-order valence-corrected chi connectivity index (χ0v) is 6.66. The molecule has 11 heavy (non-hydrogen) atoms. The number of halogens is 2. The van der Waals surface area contributed by atoms with Crippen LogP contribution in [0.25, 0.3) is 0 Å². The lowest BCUT2D eigenvalue weighted by atomic mass is 10.0. The number of likely N-dealkylation sites (N-methyl/N-ethyl adjacent to an activating group) is 1. The SMILES string of the molecule is CNCC1CCC(F)(F)CN1. The summed E-state index contributed by atoms with van der Waals surface area (Å²) in [6.45, 7) is 0.607. The molecule has 1 atom stereocenters. The molecule has 2 nitrogen and oxygen atoms in total. The van der Waals surface area contributed by atoms with Crippen LogP contribution in [-0.2, 0) is 0 Å². The summed E-state index contributed by atoms with van der Waals surface area (Å²) in [6, 6.07) is 0.222. The van der Waals surface area contributed by atoms with Crippen molar-refractivity contribution in [2.45, 2.75) is 24.8 Å². The molecule has 1 aliphatic heterocycles. The van der Waals surface area contributed by atoms with Gasteiger partial charge in [-0.3, -0.25) is 0 Å². The molecule has 0 saturated carbocycles. The Morgan fingerprint density at radius 1 is 1.64 bits per heavy atom. The molecule has 0 aromatic carbocycles. The van der Waals surface area contributed by atoms with Crippen LogP contribution in [0.2, 0.25) is 0 Å². The molecule has 1 fully saturated rings. The second-order valence-corrected chi connectivity index (χ2v) is 3.03. The van der Waals surface area contributed by atoms with Gasteiger partial charge in [0.15, 0.2) is 0 Å². The molecule has 4 heteroatoms. The van der Waals surface area contributed by atoms with Crippen LogP contribution in [0.5, 0.6) is 0 Å². The van der Waals surface area contributed by atoms with Crippen molar-refractivity contribution in [3.63, 3.8) is 0 Å². The fraction of sp³-hybridized carbons (Fsp3) is 1.00. The number of hydrogen-bond donors (Lipinski definition) is 2. The summed E-state index contributed by atoms with van der Waals surface area (Å²) in [5.41, 5.74) is 0. The number of rotatable bonds is 2.